The minimum absolute atomic E-state index is 0.0615. The lowest BCUT2D eigenvalue weighted by Gasteiger charge is -2.23. The smallest absolute Gasteiger partial charge is 0.254 e. The van der Waals surface area contributed by atoms with Crippen molar-refractivity contribution in [2.45, 2.75) is 18.9 Å². The standard InChI is InChI=1S/C13H14N2O3S/c14-12(19)9-2-1-5-15(9)13(16)8-3-4-10-11(6-8)18-7-17-10/h3-4,6,9H,1-2,5,7H2,(H2,14,19). The van der Waals surface area contributed by atoms with E-state index in [0.29, 0.717) is 28.6 Å². The van der Waals surface area contributed by atoms with Crippen molar-refractivity contribution in [1.82, 2.24) is 4.90 Å². The Morgan fingerprint density at radius 2 is 2.16 bits per heavy atom. The van der Waals surface area contributed by atoms with Crippen molar-refractivity contribution in [2.24, 2.45) is 5.73 Å². The van der Waals surface area contributed by atoms with E-state index in [0.717, 1.165) is 12.8 Å². The number of nitrogens with two attached hydrogens (primary N) is 1. The number of carbonyl (C=O) groups excluding carboxylic acids is 1. The molecule has 0 bridgehead atoms. The van der Waals surface area contributed by atoms with Crippen LogP contribution in [0.4, 0.5) is 0 Å². The van der Waals surface area contributed by atoms with Gasteiger partial charge >= 0.3 is 0 Å². The molecule has 1 amide bonds. The molecule has 5 nitrogen and oxygen atoms in total. The maximum atomic E-state index is 12.5. The molecular weight excluding hydrogens is 264 g/mol. The maximum absolute atomic E-state index is 12.5. The fraction of sp³-hybridized carbons (Fsp3) is 0.385. The zero-order valence-electron chi connectivity index (χ0n) is 10.3. The van der Waals surface area contributed by atoms with Crippen LogP contribution in [-0.2, 0) is 0 Å². The predicted molar refractivity (Wildman–Crippen MR) is 73.4 cm³/mol. The van der Waals surface area contributed by atoms with Crippen LogP contribution in [0, 0.1) is 0 Å². The van der Waals surface area contributed by atoms with Gasteiger partial charge in [-0.15, -0.1) is 0 Å². The molecule has 19 heavy (non-hydrogen) atoms. The first kappa shape index (κ1) is 12.2. The molecular formula is C13H14N2O3S. The summed E-state index contributed by atoms with van der Waals surface area (Å²) in [6, 6.07) is 5.07. The van der Waals surface area contributed by atoms with Gasteiger partial charge < -0.3 is 20.1 Å². The van der Waals surface area contributed by atoms with Crippen LogP contribution in [0.2, 0.25) is 0 Å². The van der Waals surface area contributed by atoms with Crippen LogP contribution in [0.3, 0.4) is 0 Å². The minimum atomic E-state index is -0.132. The van der Waals surface area contributed by atoms with Crippen LogP contribution in [0.25, 0.3) is 0 Å². The van der Waals surface area contributed by atoms with Crippen LogP contribution in [0.5, 0.6) is 11.5 Å². The number of thiocarbonyl (C=S) groups is 1. The monoisotopic (exact) mass is 278 g/mol. The quantitative estimate of drug-likeness (QED) is 0.826. The number of hydrogen-bond acceptors (Lipinski definition) is 4. The summed E-state index contributed by atoms with van der Waals surface area (Å²) in [6.07, 6.45) is 1.77. The second-order valence-corrected chi connectivity index (χ2v) is 5.10. The molecule has 1 aromatic rings. The highest BCUT2D eigenvalue weighted by Crippen LogP contribution is 2.33. The number of likely N-dealkylation sites (tertiary alicyclic amines) is 1. The molecule has 2 aliphatic heterocycles. The Labute approximate surface area is 116 Å². The van der Waals surface area contributed by atoms with E-state index >= 15 is 0 Å². The molecule has 1 atom stereocenters. The normalized spacial score (nSPS) is 20.6. The Kier molecular flexibility index (Phi) is 3.02. The molecule has 1 fully saturated rings. The average molecular weight is 278 g/mol. The van der Waals surface area contributed by atoms with Gasteiger partial charge in [0.2, 0.25) is 6.79 Å². The average Bonchev–Trinajstić information content (AvgIpc) is 3.05. The van der Waals surface area contributed by atoms with Crippen LogP contribution in [0.1, 0.15) is 23.2 Å². The second kappa shape index (κ2) is 4.70. The van der Waals surface area contributed by atoms with Gasteiger partial charge in [-0.05, 0) is 31.0 Å². The summed E-state index contributed by atoms with van der Waals surface area (Å²) < 4.78 is 10.5. The fourth-order valence-electron chi connectivity index (χ4n) is 2.50. The Bertz CT molecular complexity index is 547. The number of carbonyl (C=O) groups is 1. The SMILES string of the molecule is NC(=S)C1CCCN1C(=O)c1ccc2c(c1)OCO2. The summed E-state index contributed by atoms with van der Waals surface area (Å²) in [5.41, 5.74) is 6.26. The minimum Gasteiger partial charge on any atom is -0.454 e. The molecule has 6 heteroatoms. The van der Waals surface area contributed by atoms with Crippen LogP contribution in [0.15, 0.2) is 18.2 Å². The summed E-state index contributed by atoms with van der Waals surface area (Å²) in [5.74, 6) is 1.22. The van der Waals surface area contributed by atoms with E-state index in [9.17, 15) is 4.79 Å². The molecule has 0 aliphatic carbocycles. The van der Waals surface area contributed by atoms with Crippen LogP contribution in [-0.4, -0.2) is 35.2 Å². The Morgan fingerprint density at radius 1 is 1.37 bits per heavy atom. The van der Waals surface area contributed by atoms with Gasteiger partial charge in [0.05, 0.1) is 11.0 Å². The predicted octanol–water partition coefficient (Wildman–Crippen LogP) is 1.31. The van der Waals surface area contributed by atoms with Gasteiger partial charge in [0.15, 0.2) is 11.5 Å². The first-order valence-corrected chi connectivity index (χ1v) is 6.57. The molecule has 1 aromatic carbocycles. The van der Waals surface area contributed by atoms with E-state index in [1.165, 1.54) is 0 Å². The lowest BCUT2D eigenvalue weighted by atomic mass is 10.1. The summed E-state index contributed by atoms with van der Waals surface area (Å²) in [7, 11) is 0. The van der Waals surface area contributed by atoms with E-state index in [2.05, 4.69) is 0 Å². The van der Waals surface area contributed by atoms with Crippen molar-refractivity contribution >= 4 is 23.1 Å². The van der Waals surface area contributed by atoms with Gasteiger partial charge in [-0.2, -0.15) is 0 Å². The van der Waals surface area contributed by atoms with E-state index in [1.54, 1.807) is 23.1 Å². The van der Waals surface area contributed by atoms with E-state index in [-0.39, 0.29) is 18.7 Å². The Balaban J connectivity index is 1.85. The van der Waals surface area contributed by atoms with Gasteiger partial charge in [0, 0.05) is 12.1 Å². The summed E-state index contributed by atoms with van der Waals surface area (Å²) in [4.78, 5) is 14.6. The molecule has 0 radical (unpaired) electrons. The highest BCUT2D eigenvalue weighted by molar-refractivity contribution is 7.80. The van der Waals surface area contributed by atoms with Crippen molar-refractivity contribution in [2.75, 3.05) is 13.3 Å². The molecule has 0 saturated carbocycles. The molecule has 3 rings (SSSR count). The first-order chi connectivity index (χ1) is 9.16. The fourth-order valence-corrected chi connectivity index (χ4v) is 2.75. The third kappa shape index (κ3) is 2.12. The number of nitrogens with zero attached hydrogens (tertiary/aromatic N) is 1. The van der Waals surface area contributed by atoms with Crippen molar-refractivity contribution in [3.8, 4) is 11.5 Å². The van der Waals surface area contributed by atoms with Gasteiger partial charge in [0.1, 0.15) is 0 Å². The lowest BCUT2D eigenvalue weighted by Crippen LogP contribution is -2.42. The third-order valence-electron chi connectivity index (χ3n) is 3.46. The molecule has 2 N–H and O–H groups in total. The number of amides is 1. The van der Waals surface area contributed by atoms with E-state index in [4.69, 9.17) is 27.4 Å². The highest BCUT2D eigenvalue weighted by atomic mass is 32.1. The van der Waals surface area contributed by atoms with Crippen molar-refractivity contribution < 1.29 is 14.3 Å². The molecule has 2 heterocycles. The molecule has 0 spiro atoms. The van der Waals surface area contributed by atoms with Crippen molar-refractivity contribution in [3.63, 3.8) is 0 Å². The number of rotatable bonds is 2. The summed E-state index contributed by atoms with van der Waals surface area (Å²) in [6.45, 7) is 0.890. The molecule has 2 aliphatic rings. The highest BCUT2D eigenvalue weighted by Gasteiger charge is 2.31. The van der Waals surface area contributed by atoms with Gasteiger partial charge in [-0.25, -0.2) is 0 Å². The molecule has 100 valence electrons. The zero-order valence-corrected chi connectivity index (χ0v) is 11.1. The maximum Gasteiger partial charge on any atom is 0.254 e. The first-order valence-electron chi connectivity index (χ1n) is 6.17. The van der Waals surface area contributed by atoms with E-state index in [1.807, 2.05) is 0 Å². The number of benzene rings is 1. The van der Waals surface area contributed by atoms with Gasteiger partial charge in [-0.1, -0.05) is 12.2 Å². The zero-order chi connectivity index (χ0) is 13.4. The molecule has 1 unspecified atom stereocenters. The summed E-state index contributed by atoms with van der Waals surface area (Å²) >= 11 is 5.02. The lowest BCUT2D eigenvalue weighted by molar-refractivity contribution is 0.0770. The number of ether oxygens (including phenoxy) is 2. The largest absolute Gasteiger partial charge is 0.454 e. The topological polar surface area (TPSA) is 64.8 Å². The van der Waals surface area contributed by atoms with Crippen LogP contribution < -0.4 is 15.2 Å². The van der Waals surface area contributed by atoms with Crippen molar-refractivity contribution in [1.29, 1.82) is 0 Å². The van der Waals surface area contributed by atoms with Crippen LogP contribution >= 0.6 is 12.2 Å². The Morgan fingerprint density at radius 3 is 2.95 bits per heavy atom. The third-order valence-corrected chi connectivity index (χ3v) is 3.73. The second-order valence-electron chi connectivity index (χ2n) is 4.63. The Hall–Kier alpha value is -1.82. The van der Waals surface area contributed by atoms with Gasteiger partial charge in [-0.3, -0.25) is 4.79 Å². The number of hydrogen-bond donors (Lipinski definition) is 1. The van der Waals surface area contributed by atoms with Gasteiger partial charge in [0.25, 0.3) is 5.91 Å². The number of fused-ring (bicyclic) bond motifs is 1. The summed E-state index contributed by atoms with van der Waals surface area (Å²) in [5, 5.41) is 0. The van der Waals surface area contributed by atoms with Crippen molar-refractivity contribution in [3.05, 3.63) is 23.8 Å². The molecule has 1 saturated heterocycles. The van der Waals surface area contributed by atoms with E-state index < -0.39 is 0 Å². The molecule has 0 aromatic heterocycles.